The molecule has 0 saturated heterocycles. The Kier molecular flexibility index (Phi) is 7.57. The average Bonchev–Trinajstić information content (AvgIpc) is 2.32. The molecule has 0 aliphatic rings. The molecule has 0 aliphatic heterocycles. The van der Waals surface area contributed by atoms with Gasteiger partial charge in [-0.15, -0.1) is 5.16 Å². The van der Waals surface area contributed by atoms with E-state index in [-0.39, 0.29) is 6.04 Å². The molecule has 6 heteroatoms. The molecule has 0 aromatic heterocycles. The molecule has 96 valence electrons. The quantitative estimate of drug-likeness (QED) is 0.407. The summed E-state index contributed by atoms with van der Waals surface area (Å²) in [4.78, 5) is 0. The highest BCUT2D eigenvalue weighted by atomic mass is 28.4. The molecule has 1 N–H and O–H groups in total. The molecule has 0 bridgehead atoms. The smallest absolute Gasteiger partial charge is 0.393 e. The van der Waals surface area contributed by atoms with Gasteiger partial charge in [0.1, 0.15) is 0 Å². The van der Waals surface area contributed by atoms with Crippen LogP contribution < -0.4 is 5.48 Å². The highest BCUT2D eigenvalue weighted by Crippen LogP contribution is 2.08. The van der Waals surface area contributed by atoms with Crippen LogP contribution in [0.2, 0.25) is 6.55 Å². The molecule has 0 aromatic rings. The molecule has 0 rings (SSSR count). The van der Waals surface area contributed by atoms with Gasteiger partial charge in [-0.25, -0.2) is 5.48 Å². The van der Waals surface area contributed by atoms with Crippen LogP contribution in [0.25, 0.3) is 0 Å². The van der Waals surface area contributed by atoms with Crippen LogP contribution in [0.15, 0.2) is 5.16 Å². The fourth-order valence-electron chi connectivity index (χ4n) is 0.614. The molecule has 0 aromatic carbocycles. The van der Waals surface area contributed by atoms with E-state index in [4.69, 9.17) is 13.5 Å². The van der Waals surface area contributed by atoms with Crippen molar-refractivity contribution in [2.24, 2.45) is 5.16 Å². The van der Waals surface area contributed by atoms with E-state index in [2.05, 4.69) is 17.6 Å². The fraction of sp³-hybridized carbons (Fsp3) is 0.900. The molecule has 5 nitrogen and oxygen atoms in total. The van der Waals surface area contributed by atoms with E-state index in [1.165, 1.54) is 0 Å². The predicted octanol–water partition coefficient (Wildman–Crippen LogP) is 2.32. The first-order valence-corrected chi connectivity index (χ1v) is 7.90. The number of oxime groups is 1. The number of nitrogens with zero attached hydrogens (tertiary/aromatic N) is 1. The van der Waals surface area contributed by atoms with Gasteiger partial charge in [0.2, 0.25) is 0 Å². The van der Waals surface area contributed by atoms with Gasteiger partial charge in [-0.05, 0) is 26.7 Å². The molecule has 2 atom stereocenters. The molecule has 0 aliphatic carbocycles. The van der Waals surface area contributed by atoms with E-state index in [0.29, 0.717) is 0 Å². The summed E-state index contributed by atoms with van der Waals surface area (Å²) >= 11 is 0. The zero-order valence-electron chi connectivity index (χ0n) is 11.2. The number of nitrogens with one attached hydrogen (secondary N) is 1. The van der Waals surface area contributed by atoms with Gasteiger partial charge < -0.3 is 8.95 Å². The summed E-state index contributed by atoms with van der Waals surface area (Å²) in [5.74, 6) is 0. The normalized spacial score (nSPS) is 18.0. The van der Waals surface area contributed by atoms with Gasteiger partial charge in [0.25, 0.3) is 0 Å². The summed E-state index contributed by atoms with van der Waals surface area (Å²) in [5, 5.41) is 3.98. The standard InChI is InChI=1S/C10H24N2O3Si/c1-7-9(3)11-14-16(6,13-5)15-12-10(4)8-2/h9,11H,7-8H2,1-6H3/b12-10+. The molecule has 0 saturated carbocycles. The number of hydrogen-bond acceptors (Lipinski definition) is 5. The first kappa shape index (κ1) is 15.6. The van der Waals surface area contributed by atoms with Crippen LogP contribution in [0.1, 0.15) is 40.5 Å². The summed E-state index contributed by atoms with van der Waals surface area (Å²) in [5.41, 5.74) is 3.83. The molecular formula is C10H24N2O3Si. The summed E-state index contributed by atoms with van der Waals surface area (Å²) in [6, 6.07) is 0.266. The van der Waals surface area contributed by atoms with E-state index >= 15 is 0 Å². The SMILES string of the molecule is CC/C(C)=N/O[Si](C)(OC)ONC(C)CC. The maximum absolute atomic E-state index is 5.46. The van der Waals surface area contributed by atoms with Crippen molar-refractivity contribution in [2.75, 3.05) is 7.11 Å². The van der Waals surface area contributed by atoms with E-state index in [1.54, 1.807) is 13.7 Å². The minimum atomic E-state index is -2.68. The van der Waals surface area contributed by atoms with Crippen LogP contribution in [-0.2, 0) is 13.5 Å². The van der Waals surface area contributed by atoms with E-state index in [1.807, 2.05) is 20.8 Å². The summed E-state index contributed by atoms with van der Waals surface area (Å²) in [7, 11) is -1.11. The van der Waals surface area contributed by atoms with Gasteiger partial charge >= 0.3 is 8.80 Å². The van der Waals surface area contributed by atoms with Crippen molar-refractivity contribution in [2.45, 2.75) is 53.1 Å². The Bertz CT molecular complexity index is 226. The van der Waals surface area contributed by atoms with Crippen LogP contribution in [0, 0.1) is 0 Å². The molecule has 16 heavy (non-hydrogen) atoms. The van der Waals surface area contributed by atoms with E-state index in [9.17, 15) is 0 Å². The van der Waals surface area contributed by atoms with Crippen LogP contribution in [0.5, 0.6) is 0 Å². The lowest BCUT2D eigenvalue weighted by Gasteiger charge is -2.23. The van der Waals surface area contributed by atoms with Gasteiger partial charge in [-0.1, -0.05) is 13.8 Å². The minimum absolute atomic E-state index is 0.266. The van der Waals surface area contributed by atoms with Crippen molar-refractivity contribution < 1.29 is 13.5 Å². The maximum atomic E-state index is 5.46. The summed E-state index contributed by atoms with van der Waals surface area (Å²) in [6.07, 6.45) is 1.83. The third-order valence-electron chi connectivity index (χ3n) is 2.31. The topological polar surface area (TPSA) is 52.1 Å². The summed E-state index contributed by atoms with van der Waals surface area (Å²) in [6.45, 7) is 9.84. The second kappa shape index (κ2) is 7.78. The summed E-state index contributed by atoms with van der Waals surface area (Å²) < 4.78 is 16.1. The zero-order valence-corrected chi connectivity index (χ0v) is 12.2. The van der Waals surface area contributed by atoms with Crippen LogP contribution in [0.4, 0.5) is 0 Å². The van der Waals surface area contributed by atoms with Gasteiger partial charge in [0, 0.05) is 19.7 Å². The maximum Gasteiger partial charge on any atom is 0.600 e. The highest BCUT2D eigenvalue weighted by molar-refractivity contribution is 6.58. The Labute approximate surface area is 99.5 Å². The Balaban J connectivity index is 4.20. The second-order valence-corrected chi connectivity index (χ2v) is 6.39. The number of rotatable bonds is 8. The van der Waals surface area contributed by atoms with Crippen LogP contribution >= 0.6 is 0 Å². The van der Waals surface area contributed by atoms with Crippen molar-refractivity contribution in [1.82, 2.24) is 5.48 Å². The lowest BCUT2D eigenvalue weighted by atomic mass is 10.3. The molecule has 0 fully saturated rings. The zero-order chi connectivity index (χ0) is 12.6. The third-order valence-corrected chi connectivity index (χ3v) is 3.96. The number of hydrogen-bond donors (Lipinski definition) is 1. The van der Waals surface area contributed by atoms with Crippen molar-refractivity contribution in [3.8, 4) is 0 Å². The highest BCUT2D eigenvalue weighted by Gasteiger charge is 2.37. The van der Waals surface area contributed by atoms with E-state index < -0.39 is 8.80 Å². The Hall–Kier alpha value is -0.433. The number of hydroxylamine groups is 1. The molecular weight excluding hydrogens is 224 g/mol. The van der Waals surface area contributed by atoms with Crippen LogP contribution in [-0.4, -0.2) is 27.7 Å². The molecule has 0 radical (unpaired) electrons. The molecule has 2 unspecified atom stereocenters. The van der Waals surface area contributed by atoms with Gasteiger partial charge in [0.05, 0.1) is 5.71 Å². The van der Waals surface area contributed by atoms with Crippen molar-refractivity contribution in [3.63, 3.8) is 0 Å². The first-order valence-electron chi connectivity index (χ1n) is 5.67. The lowest BCUT2D eigenvalue weighted by Crippen LogP contribution is -2.46. The predicted molar refractivity (Wildman–Crippen MR) is 67.1 cm³/mol. The van der Waals surface area contributed by atoms with E-state index in [0.717, 1.165) is 18.6 Å². The molecule has 0 spiro atoms. The largest absolute Gasteiger partial charge is 0.600 e. The van der Waals surface area contributed by atoms with Crippen LogP contribution in [0.3, 0.4) is 0 Å². The van der Waals surface area contributed by atoms with Gasteiger partial charge in [-0.2, -0.15) is 0 Å². The monoisotopic (exact) mass is 248 g/mol. The third kappa shape index (κ3) is 6.22. The molecule has 0 amide bonds. The Morgan fingerprint density at radius 3 is 2.50 bits per heavy atom. The lowest BCUT2D eigenvalue weighted by molar-refractivity contribution is 0.0262. The fourth-order valence-corrected chi connectivity index (χ4v) is 1.55. The minimum Gasteiger partial charge on any atom is -0.393 e. The van der Waals surface area contributed by atoms with Gasteiger partial charge in [0.15, 0.2) is 0 Å². The Morgan fingerprint density at radius 1 is 1.44 bits per heavy atom. The van der Waals surface area contributed by atoms with Gasteiger partial charge in [-0.3, -0.25) is 4.53 Å². The average molecular weight is 248 g/mol. The van der Waals surface area contributed by atoms with Crippen molar-refractivity contribution >= 4 is 14.5 Å². The second-order valence-electron chi connectivity index (χ2n) is 3.87. The Morgan fingerprint density at radius 2 is 2.06 bits per heavy atom. The van der Waals surface area contributed by atoms with Crippen molar-refractivity contribution in [1.29, 1.82) is 0 Å². The first-order chi connectivity index (χ1) is 7.47. The van der Waals surface area contributed by atoms with Crippen molar-refractivity contribution in [3.05, 3.63) is 0 Å². The molecule has 0 heterocycles.